The maximum atomic E-state index is 12.2. The van der Waals surface area contributed by atoms with Crippen LogP contribution in [0.1, 0.15) is 31.0 Å². The summed E-state index contributed by atoms with van der Waals surface area (Å²) in [4.78, 5) is 23.5. The molecule has 0 aromatic heterocycles. The molecule has 26 heavy (non-hydrogen) atoms. The summed E-state index contributed by atoms with van der Waals surface area (Å²) >= 11 is 0. The first-order valence-corrected chi connectivity index (χ1v) is 10.00. The minimum Gasteiger partial charge on any atom is -0.349 e. The normalized spacial score (nSPS) is 12.3. The van der Waals surface area contributed by atoms with Gasteiger partial charge in [-0.15, -0.1) is 0 Å². The Morgan fingerprint density at radius 1 is 1.00 bits per heavy atom. The third kappa shape index (κ3) is 5.70. The van der Waals surface area contributed by atoms with Crippen LogP contribution in [0.2, 0.25) is 0 Å². The fourth-order valence-corrected chi connectivity index (χ4v) is 3.10. The van der Waals surface area contributed by atoms with E-state index in [4.69, 9.17) is 0 Å². The first-order chi connectivity index (χ1) is 12.1. The molecule has 2 amide bonds. The summed E-state index contributed by atoms with van der Waals surface area (Å²) in [6, 6.07) is 13.3. The maximum Gasteiger partial charge on any atom is 0.224 e. The lowest BCUT2D eigenvalue weighted by Crippen LogP contribution is -2.28. The van der Waals surface area contributed by atoms with Gasteiger partial charge in [-0.3, -0.25) is 9.59 Å². The van der Waals surface area contributed by atoms with Gasteiger partial charge in [0.2, 0.25) is 11.8 Å². The van der Waals surface area contributed by atoms with Gasteiger partial charge in [0.05, 0.1) is 17.4 Å². The zero-order valence-electron chi connectivity index (χ0n) is 14.9. The van der Waals surface area contributed by atoms with Crippen LogP contribution in [0.25, 0.3) is 0 Å². The highest BCUT2D eigenvalue weighted by atomic mass is 32.2. The molecule has 138 valence electrons. The molecule has 1 atom stereocenters. The van der Waals surface area contributed by atoms with Gasteiger partial charge >= 0.3 is 0 Å². The van der Waals surface area contributed by atoms with Crippen molar-refractivity contribution in [2.24, 2.45) is 0 Å². The smallest absolute Gasteiger partial charge is 0.224 e. The fourth-order valence-electron chi connectivity index (χ4n) is 2.47. The van der Waals surface area contributed by atoms with Crippen LogP contribution in [0.4, 0.5) is 5.69 Å². The van der Waals surface area contributed by atoms with Crippen molar-refractivity contribution in [3.63, 3.8) is 0 Å². The summed E-state index contributed by atoms with van der Waals surface area (Å²) in [6.45, 7) is 3.28. The van der Waals surface area contributed by atoms with Crippen LogP contribution in [0.5, 0.6) is 0 Å². The summed E-state index contributed by atoms with van der Waals surface area (Å²) < 4.78 is 23.0. The molecule has 7 heteroatoms. The Hall–Kier alpha value is -2.67. The van der Waals surface area contributed by atoms with Crippen molar-refractivity contribution in [3.05, 3.63) is 59.7 Å². The zero-order valence-corrected chi connectivity index (χ0v) is 15.8. The van der Waals surface area contributed by atoms with Crippen molar-refractivity contribution in [3.8, 4) is 0 Å². The largest absolute Gasteiger partial charge is 0.349 e. The second kappa shape index (κ2) is 8.14. The Labute approximate surface area is 153 Å². The number of sulfone groups is 1. The van der Waals surface area contributed by atoms with E-state index in [1.165, 1.54) is 19.1 Å². The molecular weight excluding hydrogens is 352 g/mol. The quantitative estimate of drug-likeness (QED) is 0.812. The number of amides is 2. The van der Waals surface area contributed by atoms with Gasteiger partial charge in [-0.25, -0.2) is 8.42 Å². The molecule has 0 radical (unpaired) electrons. The van der Waals surface area contributed by atoms with Gasteiger partial charge in [0, 0.05) is 18.9 Å². The van der Waals surface area contributed by atoms with Gasteiger partial charge in [0.25, 0.3) is 0 Å². The van der Waals surface area contributed by atoms with E-state index >= 15 is 0 Å². The van der Waals surface area contributed by atoms with Gasteiger partial charge in [-0.05, 0) is 42.3 Å². The predicted molar refractivity (Wildman–Crippen MR) is 101 cm³/mol. The van der Waals surface area contributed by atoms with Gasteiger partial charge < -0.3 is 10.6 Å². The summed E-state index contributed by atoms with van der Waals surface area (Å²) in [6.07, 6.45) is 1.37. The van der Waals surface area contributed by atoms with E-state index in [0.29, 0.717) is 5.69 Å². The highest BCUT2D eigenvalue weighted by Crippen LogP contribution is 2.17. The second-order valence-electron chi connectivity index (χ2n) is 6.19. The molecule has 2 aromatic carbocycles. The van der Waals surface area contributed by atoms with Crippen molar-refractivity contribution in [2.45, 2.75) is 31.2 Å². The van der Waals surface area contributed by atoms with Crippen molar-refractivity contribution >= 4 is 27.3 Å². The lowest BCUT2D eigenvalue weighted by atomic mass is 10.1. The maximum absolute atomic E-state index is 12.2. The summed E-state index contributed by atoms with van der Waals surface area (Å²) in [5.41, 5.74) is 2.34. The van der Waals surface area contributed by atoms with Gasteiger partial charge in [-0.2, -0.15) is 0 Å². The number of carbonyl (C=O) groups excluding carboxylic acids is 2. The molecule has 0 saturated carbocycles. The molecule has 1 unspecified atom stereocenters. The molecule has 0 spiro atoms. The molecule has 0 aliphatic carbocycles. The lowest BCUT2D eigenvalue weighted by molar-refractivity contribution is -0.121. The lowest BCUT2D eigenvalue weighted by Gasteiger charge is -2.15. The second-order valence-corrected chi connectivity index (χ2v) is 8.20. The van der Waals surface area contributed by atoms with E-state index < -0.39 is 9.84 Å². The van der Waals surface area contributed by atoms with Crippen molar-refractivity contribution in [1.82, 2.24) is 5.32 Å². The molecule has 0 bridgehead atoms. The summed E-state index contributed by atoms with van der Waals surface area (Å²) in [5, 5.41) is 5.56. The fraction of sp³-hybridized carbons (Fsp3) is 0.263. The van der Waals surface area contributed by atoms with Crippen molar-refractivity contribution in [1.29, 1.82) is 0 Å². The number of anilines is 1. The van der Waals surface area contributed by atoms with Crippen LogP contribution in [0, 0.1) is 0 Å². The Balaban J connectivity index is 1.95. The summed E-state index contributed by atoms with van der Waals surface area (Å²) in [5.74, 6) is -0.289. The summed E-state index contributed by atoms with van der Waals surface area (Å²) in [7, 11) is -3.23. The predicted octanol–water partition coefficient (Wildman–Crippen LogP) is 2.47. The van der Waals surface area contributed by atoms with Crippen LogP contribution < -0.4 is 10.6 Å². The molecule has 0 aliphatic rings. The number of hydrogen-bond donors (Lipinski definition) is 2. The first kappa shape index (κ1) is 19.7. The Bertz CT molecular complexity index is 888. The van der Waals surface area contributed by atoms with E-state index in [1.807, 2.05) is 6.92 Å². The average molecular weight is 374 g/mol. The number of benzene rings is 2. The monoisotopic (exact) mass is 374 g/mol. The molecule has 0 saturated heterocycles. The van der Waals surface area contributed by atoms with E-state index in [0.717, 1.165) is 17.4 Å². The topological polar surface area (TPSA) is 92.3 Å². The molecule has 0 aliphatic heterocycles. The number of carbonyl (C=O) groups is 2. The van der Waals surface area contributed by atoms with Gasteiger partial charge in [0.1, 0.15) is 0 Å². The Kier molecular flexibility index (Phi) is 6.15. The standard InChI is InChI=1S/C19H22N2O4S/c1-13(16-6-10-18(11-7-16)26(3,24)25)20-19(23)12-15-4-8-17(9-5-15)21-14(2)22/h4-11,13H,12H2,1-3H3,(H,20,23)(H,21,22). The minimum atomic E-state index is -3.23. The molecule has 2 rings (SSSR count). The van der Waals surface area contributed by atoms with Crippen LogP contribution >= 0.6 is 0 Å². The van der Waals surface area contributed by atoms with E-state index in [2.05, 4.69) is 10.6 Å². The first-order valence-electron chi connectivity index (χ1n) is 8.11. The van der Waals surface area contributed by atoms with E-state index in [9.17, 15) is 18.0 Å². The molecular formula is C19H22N2O4S. The third-order valence-corrected chi connectivity index (χ3v) is 4.95. The Morgan fingerprint density at radius 2 is 1.58 bits per heavy atom. The average Bonchev–Trinajstić information content (AvgIpc) is 2.55. The highest BCUT2D eigenvalue weighted by molar-refractivity contribution is 7.90. The van der Waals surface area contributed by atoms with Crippen molar-refractivity contribution in [2.75, 3.05) is 11.6 Å². The van der Waals surface area contributed by atoms with Gasteiger partial charge in [0.15, 0.2) is 9.84 Å². The van der Waals surface area contributed by atoms with Gasteiger partial charge in [-0.1, -0.05) is 24.3 Å². The van der Waals surface area contributed by atoms with Crippen LogP contribution in [0.3, 0.4) is 0 Å². The molecule has 0 fully saturated rings. The SMILES string of the molecule is CC(=O)Nc1ccc(CC(=O)NC(C)c2ccc(S(C)(=O)=O)cc2)cc1. The highest BCUT2D eigenvalue weighted by Gasteiger charge is 2.12. The molecule has 2 aromatic rings. The van der Waals surface area contributed by atoms with Crippen LogP contribution in [-0.4, -0.2) is 26.5 Å². The van der Waals surface area contributed by atoms with Crippen LogP contribution in [0.15, 0.2) is 53.4 Å². The molecule has 0 heterocycles. The minimum absolute atomic E-state index is 0.142. The number of nitrogens with one attached hydrogen (secondary N) is 2. The van der Waals surface area contributed by atoms with Crippen molar-refractivity contribution < 1.29 is 18.0 Å². The van der Waals surface area contributed by atoms with E-state index in [-0.39, 0.29) is 29.2 Å². The third-order valence-electron chi connectivity index (χ3n) is 3.82. The molecule has 2 N–H and O–H groups in total. The number of hydrogen-bond acceptors (Lipinski definition) is 4. The number of rotatable bonds is 6. The Morgan fingerprint density at radius 3 is 2.08 bits per heavy atom. The van der Waals surface area contributed by atoms with Crippen LogP contribution in [-0.2, 0) is 25.8 Å². The van der Waals surface area contributed by atoms with E-state index in [1.54, 1.807) is 36.4 Å². The molecule has 6 nitrogen and oxygen atoms in total. The zero-order chi connectivity index (χ0) is 19.3.